The molecule has 1 aliphatic rings. The first kappa shape index (κ1) is 20.6. The van der Waals surface area contributed by atoms with Gasteiger partial charge < -0.3 is 9.64 Å². The third kappa shape index (κ3) is 4.03. The molecule has 3 rings (SSSR count). The first-order valence-corrected chi connectivity index (χ1v) is 8.99. The summed E-state index contributed by atoms with van der Waals surface area (Å²) in [5, 5.41) is 0. The van der Waals surface area contributed by atoms with Gasteiger partial charge in [-0.1, -0.05) is 13.0 Å². The molecule has 0 aliphatic carbocycles. The summed E-state index contributed by atoms with van der Waals surface area (Å²) in [6.07, 6.45) is -2.47. The van der Waals surface area contributed by atoms with Crippen LogP contribution in [0.5, 0.6) is 5.75 Å². The van der Waals surface area contributed by atoms with Gasteiger partial charge in [-0.3, -0.25) is 9.78 Å². The zero-order chi connectivity index (χ0) is 21.4. The fraction of sp³-hybridized carbons (Fsp3) is 0.350. The number of carbonyl (C=O) groups is 2. The summed E-state index contributed by atoms with van der Waals surface area (Å²) in [5.74, 6) is -0.895. The van der Waals surface area contributed by atoms with Crippen LogP contribution in [-0.4, -0.2) is 33.7 Å². The number of hydrogen-bond donors (Lipinski definition) is 0. The predicted molar refractivity (Wildman–Crippen MR) is 99.2 cm³/mol. The van der Waals surface area contributed by atoms with E-state index in [1.807, 2.05) is 13.0 Å². The average Bonchev–Trinajstić information content (AvgIpc) is 2.81. The first-order chi connectivity index (χ1) is 13.5. The van der Waals surface area contributed by atoms with Gasteiger partial charge in [-0.2, -0.15) is 0 Å². The quantitative estimate of drug-likeness (QED) is 0.694. The van der Waals surface area contributed by atoms with Crippen molar-refractivity contribution in [1.29, 1.82) is 0 Å². The molecule has 0 unspecified atom stereocenters. The Morgan fingerprint density at radius 3 is 2.34 bits per heavy atom. The van der Waals surface area contributed by atoms with Crippen LogP contribution in [0, 0.1) is 0 Å². The number of pyridine rings is 1. The number of rotatable bonds is 5. The summed E-state index contributed by atoms with van der Waals surface area (Å²) >= 11 is 0. The van der Waals surface area contributed by atoms with Crippen molar-refractivity contribution in [2.75, 3.05) is 4.90 Å². The van der Waals surface area contributed by atoms with Gasteiger partial charge in [0.15, 0.2) is 0 Å². The lowest BCUT2D eigenvalue weighted by Gasteiger charge is -2.28. The molecule has 0 spiro atoms. The summed E-state index contributed by atoms with van der Waals surface area (Å²) in [6, 6.07) is 7.70. The highest BCUT2D eigenvalue weighted by Crippen LogP contribution is 2.34. The highest BCUT2D eigenvalue weighted by Gasteiger charge is 2.51. The Labute approximate surface area is 165 Å². The maximum Gasteiger partial charge on any atom is 0.573 e. The summed E-state index contributed by atoms with van der Waals surface area (Å²) in [4.78, 5) is 32.7. The van der Waals surface area contributed by atoms with E-state index in [1.54, 1.807) is 26.1 Å². The molecular formula is C20H20F3N3O3. The van der Waals surface area contributed by atoms with Gasteiger partial charge in [-0.25, -0.2) is 9.69 Å². The van der Waals surface area contributed by atoms with Gasteiger partial charge in [-0.05, 0) is 56.2 Å². The number of nitrogens with zero attached hydrogens (tertiary/aromatic N) is 3. The normalized spacial score (nSPS) is 16.5. The van der Waals surface area contributed by atoms with Crippen LogP contribution in [0.2, 0.25) is 0 Å². The smallest absolute Gasteiger partial charge is 0.406 e. The number of imide groups is 1. The van der Waals surface area contributed by atoms with Gasteiger partial charge in [-0.15, -0.1) is 13.2 Å². The van der Waals surface area contributed by atoms with Crippen molar-refractivity contribution in [1.82, 2.24) is 9.88 Å². The number of benzene rings is 1. The predicted octanol–water partition coefficient (Wildman–Crippen LogP) is 4.29. The van der Waals surface area contributed by atoms with Crippen molar-refractivity contribution < 1.29 is 27.5 Å². The SMILES string of the molecule is CCc1ncccc1CN1C(=O)N(c2ccc(OC(F)(F)F)cc2)C(=O)C1(C)C. The highest BCUT2D eigenvalue weighted by molar-refractivity contribution is 6.22. The minimum absolute atomic E-state index is 0.173. The van der Waals surface area contributed by atoms with E-state index >= 15 is 0 Å². The highest BCUT2D eigenvalue weighted by atomic mass is 19.4. The molecular weight excluding hydrogens is 387 g/mol. The zero-order valence-corrected chi connectivity index (χ0v) is 16.2. The molecule has 2 heterocycles. The molecule has 154 valence electrons. The maximum absolute atomic E-state index is 13.0. The van der Waals surface area contributed by atoms with Crippen LogP contribution in [0.25, 0.3) is 0 Å². The summed E-state index contributed by atoms with van der Waals surface area (Å²) < 4.78 is 40.8. The molecule has 6 nitrogen and oxygen atoms in total. The summed E-state index contributed by atoms with van der Waals surface area (Å²) in [5.41, 5.74) is 0.710. The Morgan fingerprint density at radius 2 is 1.76 bits per heavy atom. The second-order valence-electron chi connectivity index (χ2n) is 7.07. The fourth-order valence-electron chi connectivity index (χ4n) is 3.23. The monoisotopic (exact) mass is 407 g/mol. The third-order valence-electron chi connectivity index (χ3n) is 4.80. The van der Waals surface area contributed by atoms with Gasteiger partial charge in [0.1, 0.15) is 11.3 Å². The van der Waals surface area contributed by atoms with E-state index in [4.69, 9.17) is 0 Å². The van der Waals surface area contributed by atoms with Gasteiger partial charge in [0.05, 0.1) is 12.2 Å². The lowest BCUT2D eigenvalue weighted by Crippen LogP contribution is -2.43. The number of urea groups is 1. The number of aryl methyl sites for hydroxylation is 1. The van der Waals surface area contributed by atoms with E-state index in [0.717, 1.165) is 28.3 Å². The van der Waals surface area contributed by atoms with Crippen LogP contribution in [0.1, 0.15) is 32.0 Å². The van der Waals surface area contributed by atoms with Crippen molar-refractivity contribution >= 4 is 17.6 Å². The van der Waals surface area contributed by atoms with E-state index < -0.39 is 29.6 Å². The number of alkyl halides is 3. The molecule has 9 heteroatoms. The largest absolute Gasteiger partial charge is 0.573 e. The second-order valence-corrected chi connectivity index (χ2v) is 7.07. The first-order valence-electron chi connectivity index (χ1n) is 8.99. The topological polar surface area (TPSA) is 62.7 Å². The van der Waals surface area contributed by atoms with Gasteiger partial charge >= 0.3 is 12.4 Å². The number of ether oxygens (including phenoxy) is 1. The van der Waals surface area contributed by atoms with E-state index in [9.17, 15) is 22.8 Å². The second kappa shape index (κ2) is 7.38. The molecule has 0 saturated carbocycles. The van der Waals surface area contributed by atoms with Crippen LogP contribution in [0.4, 0.5) is 23.7 Å². The lowest BCUT2D eigenvalue weighted by molar-refractivity contribution is -0.274. The number of anilines is 1. The fourth-order valence-corrected chi connectivity index (χ4v) is 3.23. The lowest BCUT2D eigenvalue weighted by atomic mass is 10.0. The van der Waals surface area contributed by atoms with Crippen LogP contribution < -0.4 is 9.64 Å². The standard InChI is InChI=1S/C20H20F3N3O3/c1-4-16-13(6-5-11-24-16)12-25-18(28)26(17(27)19(25,2)3)14-7-9-15(10-8-14)29-20(21,22)23/h5-11H,4,12H2,1-3H3. The minimum Gasteiger partial charge on any atom is -0.406 e. The summed E-state index contributed by atoms with van der Waals surface area (Å²) in [6.45, 7) is 5.41. The molecule has 0 bridgehead atoms. The number of hydrogen-bond acceptors (Lipinski definition) is 4. The number of aromatic nitrogens is 1. The molecule has 0 N–H and O–H groups in total. The molecule has 29 heavy (non-hydrogen) atoms. The van der Waals surface area contributed by atoms with Crippen molar-refractivity contribution in [2.45, 2.75) is 45.6 Å². The molecule has 0 radical (unpaired) electrons. The average molecular weight is 407 g/mol. The van der Waals surface area contributed by atoms with Crippen LogP contribution in [0.3, 0.4) is 0 Å². The zero-order valence-electron chi connectivity index (χ0n) is 16.2. The molecule has 1 aromatic carbocycles. The molecule has 3 amide bonds. The van der Waals surface area contributed by atoms with Gasteiger partial charge in [0, 0.05) is 11.9 Å². The van der Waals surface area contributed by atoms with Crippen LogP contribution >= 0.6 is 0 Å². The summed E-state index contributed by atoms with van der Waals surface area (Å²) in [7, 11) is 0. The Balaban J connectivity index is 1.88. The maximum atomic E-state index is 13.0. The van der Waals surface area contributed by atoms with E-state index in [1.165, 1.54) is 17.0 Å². The van der Waals surface area contributed by atoms with Crippen molar-refractivity contribution in [2.24, 2.45) is 0 Å². The minimum atomic E-state index is -4.82. The third-order valence-corrected chi connectivity index (χ3v) is 4.80. The Bertz CT molecular complexity index is 927. The number of carbonyl (C=O) groups excluding carboxylic acids is 2. The van der Waals surface area contributed by atoms with E-state index in [0.29, 0.717) is 6.42 Å². The van der Waals surface area contributed by atoms with Crippen molar-refractivity contribution in [3.63, 3.8) is 0 Å². The van der Waals surface area contributed by atoms with Crippen LogP contribution in [-0.2, 0) is 17.8 Å². The van der Waals surface area contributed by atoms with E-state index in [-0.39, 0.29) is 12.2 Å². The number of halogens is 3. The molecule has 1 aliphatic heterocycles. The molecule has 0 atom stereocenters. The van der Waals surface area contributed by atoms with Gasteiger partial charge in [0.25, 0.3) is 5.91 Å². The van der Waals surface area contributed by atoms with Crippen molar-refractivity contribution in [3.8, 4) is 5.75 Å². The molecule has 1 aromatic heterocycles. The molecule has 1 saturated heterocycles. The Hall–Kier alpha value is -3.10. The molecule has 1 fully saturated rings. The van der Waals surface area contributed by atoms with Crippen molar-refractivity contribution in [3.05, 3.63) is 53.9 Å². The van der Waals surface area contributed by atoms with Crippen LogP contribution in [0.15, 0.2) is 42.6 Å². The Kier molecular flexibility index (Phi) is 5.25. The number of amides is 3. The van der Waals surface area contributed by atoms with E-state index in [2.05, 4.69) is 9.72 Å². The Morgan fingerprint density at radius 1 is 1.10 bits per heavy atom. The van der Waals surface area contributed by atoms with Gasteiger partial charge in [0.2, 0.25) is 0 Å². The molecule has 2 aromatic rings.